The summed E-state index contributed by atoms with van der Waals surface area (Å²) in [4.78, 5) is 0. The van der Waals surface area contributed by atoms with Gasteiger partial charge in [-0.1, -0.05) is 20.8 Å². The molecule has 0 fully saturated rings. The van der Waals surface area contributed by atoms with Crippen LogP contribution in [0.1, 0.15) is 26.5 Å². The minimum Gasteiger partial charge on any atom is -0.159 e. The first-order valence-corrected chi connectivity index (χ1v) is 3.87. The van der Waals surface area contributed by atoms with Crippen LogP contribution < -0.4 is 0 Å². The highest BCUT2D eigenvalue weighted by atomic mass is 15.1. The maximum Gasteiger partial charge on any atom is 0.0600 e. The SMILES string of the molecule is CC(C)C.Cc1cccnn1. The molecule has 1 heterocycles. The number of hydrogen-bond donors (Lipinski definition) is 0. The first kappa shape index (κ1) is 10.1. The molecule has 0 radical (unpaired) electrons. The minimum absolute atomic E-state index is 0.833. The second-order valence-electron chi connectivity index (χ2n) is 3.10. The van der Waals surface area contributed by atoms with Crippen molar-refractivity contribution in [1.82, 2.24) is 10.2 Å². The zero-order valence-electron chi connectivity index (χ0n) is 7.70. The lowest BCUT2D eigenvalue weighted by Gasteiger charge is -1.80. The van der Waals surface area contributed by atoms with E-state index in [1.54, 1.807) is 6.20 Å². The fraction of sp³-hybridized carbons (Fsp3) is 0.556. The summed E-state index contributed by atoms with van der Waals surface area (Å²) in [5.74, 6) is 0.833. The molecule has 0 saturated carbocycles. The van der Waals surface area contributed by atoms with E-state index >= 15 is 0 Å². The Bertz CT molecular complexity index is 167. The summed E-state index contributed by atoms with van der Waals surface area (Å²) in [5, 5.41) is 7.36. The topological polar surface area (TPSA) is 25.8 Å². The molecule has 0 saturated heterocycles. The van der Waals surface area contributed by atoms with Crippen LogP contribution in [-0.4, -0.2) is 10.2 Å². The Morgan fingerprint density at radius 1 is 1.27 bits per heavy atom. The highest BCUT2D eigenvalue weighted by molar-refractivity contribution is 4.94. The minimum atomic E-state index is 0.833. The van der Waals surface area contributed by atoms with Crippen molar-refractivity contribution in [2.45, 2.75) is 27.7 Å². The predicted molar refractivity (Wildman–Crippen MR) is 47.3 cm³/mol. The monoisotopic (exact) mass is 152 g/mol. The van der Waals surface area contributed by atoms with Crippen molar-refractivity contribution in [2.75, 3.05) is 0 Å². The van der Waals surface area contributed by atoms with Crippen LogP contribution in [0.4, 0.5) is 0 Å². The molecule has 0 spiro atoms. The quantitative estimate of drug-likeness (QED) is 0.570. The summed E-state index contributed by atoms with van der Waals surface area (Å²) in [7, 11) is 0. The van der Waals surface area contributed by atoms with Crippen LogP contribution in [0.5, 0.6) is 0 Å². The van der Waals surface area contributed by atoms with Gasteiger partial charge < -0.3 is 0 Å². The molecule has 0 bridgehead atoms. The van der Waals surface area contributed by atoms with E-state index in [2.05, 4.69) is 31.0 Å². The Hall–Kier alpha value is -0.920. The molecule has 2 heteroatoms. The van der Waals surface area contributed by atoms with Gasteiger partial charge in [-0.05, 0) is 25.0 Å². The van der Waals surface area contributed by atoms with Gasteiger partial charge in [0, 0.05) is 6.20 Å². The molecule has 62 valence electrons. The molecule has 1 aromatic rings. The van der Waals surface area contributed by atoms with Gasteiger partial charge >= 0.3 is 0 Å². The van der Waals surface area contributed by atoms with E-state index in [9.17, 15) is 0 Å². The first-order chi connectivity index (χ1) is 5.13. The Morgan fingerprint density at radius 2 is 1.82 bits per heavy atom. The molecule has 0 aromatic carbocycles. The molecule has 1 aromatic heterocycles. The van der Waals surface area contributed by atoms with Gasteiger partial charge in [0.15, 0.2) is 0 Å². The lowest BCUT2D eigenvalue weighted by atomic mass is 10.3. The van der Waals surface area contributed by atoms with Gasteiger partial charge in [0.2, 0.25) is 0 Å². The largest absolute Gasteiger partial charge is 0.159 e. The van der Waals surface area contributed by atoms with Crippen LogP contribution in [0.15, 0.2) is 18.3 Å². The molecule has 0 atom stereocenters. The van der Waals surface area contributed by atoms with Crippen molar-refractivity contribution in [1.29, 1.82) is 0 Å². The summed E-state index contributed by atoms with van der Waals surface area (Å²) >= 11 is 0. The number of hydrogen-bond acceptors (Lipinski definition) is 2. The summed E-state index contributed by atoms with van der Waals surface area (Å²) in [6.45, 7) is 8.41. The fourth-order valence-electron chi connectivity index (χ4n) is 0.379. The number of rotatable bonds is 0. The van der Waals surface area contributed by atoms with Crippen LogP contribution in [0.3, 0.4) is 0 Å². The van der Waals surface area contributed by atoms with Gasteiger partial charge in [0.1, 0.15) is 0 Å². The molecular weight excluding hydrogens is 136 g/mol. The molecule has 0 aliphatic carbocycles. The van der Waals surface area contributed by atoms with Crippen molar-refractivity contribution < 1.29 is 0 Å². The molecule has 0 aliphatic heterocycles. The highest BCUT2D eigenvalue weighted by Crippen LogP contribution is 1.82. The van der Waals surface area contributed by atoms with Crippen LogP contribution in [0, 0.1) is 12.8 Å². The molecule has 0 unspecified atom stereocenters. The van der Waals surface area contributed by atoms with E-state index < -0.39 is 0 Å². The van der Waals surface area contributed by atoms with Gasteiger partial charge in [-0.25, -0.2) is 0 Å². The van der Waals surface area contributed by atoms with E-state index in [1.165, 1.54) is 0 Å². The average molecular weight is 152 g/mol. The van der Waals surface area contributed by atoms with Crippen molar-refractivity contribution in [3.63, 3.8) is 0 Å². The van der Waals surface area contributed by atoms with E-state index in [-0.39, 0.29) is 0 Å². The summed E-state index contributed by atoms with van der Waals surface area (Å²) < 4.78 is 0. The van der Waals surface area contributed by atoms with Gasteiger partial charge in [0.25, 0.3) is 0 Å². The maximum absolute atomic E-state index is 3.73. The second kappa shape index (κ2) is 5.83. The zero-order chi connectivity index (χ0) is 8.69. The standard InChI is InChI=1S/C5H6N2.C4H10/c1-5-3-2-4-6-7-5;1-4(2)3/h2-4H,1H3;4H,1-3H3. The zero-order valence-corrected chi connectivity index (χ0v) is 7.70. The second-order valence-corrected chi connectivity index (χ2v) is 3.10. The number of aryl methyl sites for hydroxylation is 1. The van der Waals surface area contributed by atoms with Gasteiger partial charge in [-0.2, -0.15) is 10.2 Å². The number of aromatic nitrogens is 2. The Morgan fingerprint density at radius 3 is 2.00 bits per heavy atom. The van der Waals surface area contributed by atoms with Crippen molar-refractivity contribution in [3.8, 4) is 0 Å². The summed E-state index contributed by atoms with van der Waals surface area (Å²) in [6.07, 6.45) is 1.66. The Kier molecular flexibility index (Phi) is 5.35. The van der Waals surface area contributed by atoms with Crippen molar-refractivity contribution in [3.05, 3.63) is 24.0 Å². The number of nitrogens with zero attached hydrogens (tertiary/aromatic N) is 2. The molecule has 0 N–H and O–H groups in total. The molecule has 0 amide bonds. The third-order valence-electron chi connectivity index (χ3n) is 0.706. The third kappa shape index (κ3) is 9.08. The van der Waals surface area contributed by atoms with E-state index in [4.69, 9.17) is 0 Å². The van der Waals surface area contributed by atoms with E-state index in [0.717, 1.165) is 11.6 Å². The van der Waals surface area contributed by atoms with E-state index in [1.807, 2.05) is 19.1 Å². The normalized spacial score (nSPS) is 8.82. The van der Waals surface area contributed by atoms with Gasteiger partial charge in [-0.3, -0.25) is 0 Å². The van der Waals surface area contributed by atoms with Crippen molar-refractivity contribution >= 4 is 0 Å². The van der Waals surface area contributed by atoms with Crippen LogP contribution >= 0.6 is 0 Å². The average Bonchev–Trinajstić information content (AvgIpc) is 1.87. The first-order valence-electron chi connectivity index (χ1n) is 3.87. The smallest absolute Gasteiger partial charge is 0.0600 e. The van der Waals surface area contributed by atoms with Crippen LogP contribution in [0.2, 0.25) is 0 Å². The highest BCUT2D eigenvalue weighted by Gasteiger charge is 1.74. The molecule has 0 aliphatic rings. The maximum atomic E-state index is 3.73. The van der Waals surface area contributed by atoms with Gasteiger partial charge in [0.05, 0.1) is 5.69 Å². The molecular formula is C9H16N2. The summed E-state index contributed by atoms with van der Waals surface area (Å²) in [5.41, 5.74) is 0.961. The fourth-order valence-corrected chi connectivity index (χ4v) is 0.379. The molecule has 1 rings (SSSR count). The Balaban J connectivity index is 0.000000218. The van der Waals surface area contributed by atoms with Crippen LogP contribution in [-0.2, 0) is 0 Å². The Labute approximate surface area is 68.7 Å². The predicted octanol–water partition coefficient (Wildman–Crippen LogP) is 2.45. The third-order valence-corrected chi connectivity index (χ3v) is 0.706. The lowest BCUT2D eigenvalue weighted by molar-refractivity contribution is 0.737. The van der Waals surface area contributed by atoms with Crippen molar-refractivity contribution in [2.24, 2.45) is 5.92 Å². The van der Waals surface area contributed by atoms with E-state index in [0.29, 0.717) is 0 Å². The molecule has 2 nitrogen and oxygen atoms in total. The summed E-state index contributed by atoms with van der Waals surface area (Å²) in [6, 6.07) is 3.77. The van der Waals surface area contributed by atoms with Crippen LogP contribution in [0.25, 0.3) is 0 Å². The van der Waals surface area contributed by atoms with Gasteiger partial charge in [-0.15, -0.1) is 0 Å². The molecule has 11 heavy (non-hydrogen) atoms. The lowest BCUT2D eigenvalue weighted by Crippen LogP contribution is -1.79.